The molecule has 19 heavy (non-hydrogen) atoms. The van der Waals surface area contributed by atoms with Gasteiger partial charge in [0.05, 0.1) is 0 Å². The molecule has 1 saturated carbocycles. The minimum atomic E-state index is -4.41. The topological polar surface area (TPSA) is 51.2 Å². The number of nitrogens with one attached hydrogen (secondary N) is 1. The van der Waals surface area contributed by atoms with Gasteiger partial charge in [-0.15, -0.1) is 0 Å². The van der Waals surface area contributed by atoms with Crippen LogP contribution in [0.2, 0.25) is 0 Å². The number of amides is 1. The van der Waals surface area contributed by atoms with Gasteiger partial charge in [0.1, 0.15) is 0 Å². The fraction of sp³-hybridized carbons (Fsp3) is 0.500. The van der Waals surface area contributed by atoms with Crippen LogP contribution in [0.1, 0.15) is 18.4 Å². The predicted molar refractivity (Wildman–Crippen MR) is 60.4 cm³/mol. The second-order valence-electron chi connectivity index (χ2n) is 4.36. The van der Waals surface area contributed by atoms with Crippen LogP contribution >= 0.6 is 0 Å². The van der Waals surface area contributed by atoms with Crippen molar-refractivity contribution in [3.63, 3.8) is 0 Å². The minimum Gasteiger partial charge on any atom is -0.468 e. The minimum absolute atomic E-state index is 0.0521. The summed E-state index contributed by atoms with van der Waals surface area (Å²) in [4.78, 5) is 15.2. The molecule has 0 aromatic carbocycles. The summed E-state index contributed by atoms with van der Waals surface area (Å²) in [5.41, 5.74) is 0.431. The quantitative estimate of drug-likeness (QED) is 0.894. The van der Waals surface area contributed by atoms with Crippen LogP contribution < -0.4 is 10.1 Å². The van der Waals surface area contributed by atoms with E-state index in [4.69, 9.17) is 0 Å². The van der Waals surface area contributed by atoms with Crippen LogP contribution in [-0.4, -0.2) is 23.7 Å². The first-order chi connectivity index (χ1) is 8.96. The number of aromatic nitrogens is 1. The number of carbonyl (C=O) groups is 1. The Morgan fingerprint density at radius 1 is 1.47 bits per heavy atom. The van der Waals surface area contributed by atoms with Crippen LogP contribution in [0.3, 0.4) is 0 Å². The number of halogens is 3. The van der Waals surface area contributed by atoms with E-state index in [-0.39, 0.29) is 24.2 Å². The molecule has 0 radical (unpaired) electrons. The maximum Gasteiger partial charge on any atom is 0.422 e. The molecule has 2 rings (SSSR count). The summed E-state index contributed by atoms with van der Waals surface area (Å²) in [5.74, 6) is -0.127. The second-order valence-corrected chi connectivity index (χ2v) is 4.36. The summed E-state index contributed by atoms with van der Waals surface area (Å²) >= 11 is 0. The SMILES string of the molecule is O=C(NCc1cccnc1OCC(F)(F)F)C1CC1. The number of ether oxygens (including phenoxy) is 1. The zero-order valence-electron chi connectivity index (χ0n) is 10.0. The van der Waals surface area contributed by atoms with Crippen LogP contribution in [0.5, 0.6) is 5.88 Å². The van der Waals surface area contributed by atoms with Crippen molar-refractivity contribution in [3.05, 3.63) is 23.9 Å². The molecule has 1 amide bonds. The van der Waals surface area contributed by atoms with Crippen LogP contribution in [0.15, 0.2) is 18.3 Å². The summed E-state index contributed by atoms with van der Waals surface area (Å²) in [6.45, 7) is -1.27. The van der Waals surface area contributed by atoms with E-state index in [9.17, 15) is 18.0 Å². The monoisotopic (exact) mass is 274 g/mol. The maximum absolute atomic E-state index is 12.1. The van der Waals surface area contributed by atoms with E-state index in [1.165, 1.54) is 6.20 Å². The molecule has 1 N–H and O–H groups in total. The van der Waals surface area contributed by atoms with Gasteiger partial charge in [-0.1, -0.05) is 6.07 Å². The van der Waals surface area contributed by atoms with Crippen molar-refractivity contribution in [1.82, 2.24) is 10.3 Å². The molecule has 1 aliphatic rings. The zero-order chi connectivity index (χ0) is 13.9. The lowest BCUT2D eigenvalue weighted by atomic mass is 10.2. The Hall–Kier alpha value is -1.79. The molecule has 1 aromatic heterocycles. The number of carbonyl (C=O) groups excluding carboxylic acids is 1. The molecule has 1 aromatic rings. The van der Waals surface area contributed by atoms with Crippen molar-refractivity contribution in [2.24, 2.45) is 5.92 Å². The molecule has 0 spiro atoms. The third-order valence-corrected chi connectivity index (χ3v) is 2.62. The first-order valence-corrected chi connectivity index (χ1v) is 5.87. The highest BCUT2D eigenvalue weighted by Gasteiger charge is 2.30. The Morgan fingerprint density at radius 2 is 2.21 bits per heavy atom. The molecule has 1 aliphatic carbocycles. The van der Waals surface area contributed by atoms with Gasteiger partial charge in [0.25, 0.3) is 0 Å². The normalized spacial score (nSPS) is 15.1. The van der Waals surface area contributed by atoms with Gasteiger partial charge in [-0.05, 0) is 18.9 Å². The number of alkyl halides is 3. The maximum atomic E-state index is 12.1. The largest absolute Gasteiger partial charge is 0.468 e. The average Bonchev–Trinajstić information content (AvgIpc) is 3.17. The number of rotatable bonds is 5. The Morgan fingerprint density at radius 3 is 2.84 bits per heavy atom. The lowest BCUT2D eigenvalue weighted by molar-refractivity contribution is -0.154. The van der Waals surface area contributed by atoms with Gasteiger partial charge in [-0.2, -0.15) is 13.2 Å². The van der Waals surface area contributed by atoms with Gasteiger partial charge in [0, 0.05) is 24.2 Å². The van der Waals surface area contributed by atoms with Gasteiger partial charge in [0.15, 0.2) is 6.61 Å². The number of pyridine rings is 1. The van der Waals surface area contributed by atoms with Crippen molar-refractivity contribution in [3.8, 4) is 5.88 Å². The van der Waals surface area contributed by atoms with Crippen molar-refractivity contribution in [1.29, 1.82) is 0 Å². The van der Waals surface area contributed by atoms with E-state index in [1.807, 2.05) is 0 Å². The first kappa shape index (κ1) is 13.6. The van der Waals surface area contributed by atoms with E-state index >= 15 is 0 Å². The standard InChI is InChI=1S/C12H13F3N2O2/c13-12(14,15)7-19-11-9(2-1-5-16-11)6-17-10(18)8-3-4-8/h1-2,5,8H,3-4,6-7H2,(H,17,18). The molecular weight excluding hydrogens is 261 g/mol. The molecular formula is C12H13F3N2O2. The summed E-state index contributed by atoms with van der Waals surface area (Å²) in [6.07, 6.45) is -1.32. The molecule has 0 aliphatic heterocycles. The molecule has 104 valence electrons. The van der Waals surface area contributed by atoms with Gasteiger partial charge >= 0.3 is 6.18 Å². The third-order valence-electron chi connectivity index (χ3n) is 2.62. The molecule has 0 unspecified atom stereocenters. The van der Waals surface area contributed by atoms with Gasteiger partial charge < -0.3 is 10.1 Å². The van der Waals surface area contributed by atoms with E-state index < -0.39 is 12.8 Å². The van der Waals surface area contributed by atoms with Crippen molar-refractivity contribution in [2.45, 2.75) is 25.6 Å². The van der Waals surface area contributed by atoms with Crippen LogP contribution in [0.25, 0.3) is 0 Å². The molecule has 0 bridgehead atoms. The fourth-order valence-corrected chi connectivity index (χ4v) is 1.51. The summed E-state index contributed by atoms with van der Waals surface area (Å²) in [7, 11) is 0. The highest BCUT2D eigenvalue weighted by Crippen LogP contribution is 2.29. The van der Waals surface area contributed by atoms with Gasteiger partial charge in [-0.25, -0.2) is 4.98 Å². The molecule has 4 nitrogen and oxygen atoms in total. The van der Waals surface area contributed by atoms with Crippen molar-refractivity contribution < 1.29 is 22.7 Å². The van der Waals surface area contributed by atoms with Crippen molar-refractivity contribution in [2.75, 3.05) is 6.61 Å². The van der Waals surface area contributed by atoms with Gasteiger partial charge in [0.2, 0.25) is 11.8 Å². The van der Waals surface area contributed by atoms with Crippen LogP contribution in [0.4, 0.5) is 13.2 Å². The third kappa shape index (κ3) is 4.42. The second kappa shape index (κ2) is 5.46. The zero-order valence-corrected chi connectivity index (χ0v) is 10.0. The lowest BCUT2D eigenvalue weighted by Crippen LogP contribution is -2.25. The highest BCUT2D eigenvalue weighted by molar-refractivity contribution is 5.80. The molecule has 1 heterocycles. The smallest absolute Gasteiger partial charge is 0.422 e. The summed E-state index contributed by atoms with van der Waals surface area (Å²) in [6, 6.07) is 3.16. The Kier molecular flexibility index (Phi) is 3.92. The molecule has 0 saturated heterocycles. The van der Waals surface area contributed by atoms with Crippen LogP contribution in [0, 0.1) is 5.92 Å². The predicted octanol–water partition coefficient (Wildman–Crippen LogP) is 2.05. The molecule has 7 heteroatoms. The molecule has 1 fully saturated rings. The van der Waals surface area contributed by atoms with E-state index in [1.54, 1.807) is 12.1 Å². The summed E-state index contributed by atoms with van der Waals surface area (Å²) in [5, 5.41) is 2.66. The highest BCUT2D eigenvalue weighted by atomic mass is 19.4. The molecule has 0 atom stereocenters. The van der Waals surface area contributed by atoms with E-state index in [0.29, 0.717) is 5.56 Å². The Labute approximate surface area is 108 Å². The lowest BCUT2D eigenvalue weighted by Gasteiger charge is -2.12. The fourth-order valence-electron chi connectivity index (χ4n) is 1.51. The first-order valence-electron chi connectivity index (χ1n) is 5.87. The van der Waals surface area contributed by atoms with Crippen LogP contribution in [-0.2, 0) is 11.3 Å². The van der Waals surface area contributed by atoms with E-state index in [0.717, 1.165) is 12.8 Å². The average molecular weight is 274 g/mol. The number of hydrogen-bond donors (Lipinski definition) is 1. The number of hydrogen-bond acceptors (Lipinski definition) is 3. The Balaban J connectivity index is 1.93. The number of nitrogens with zero attached hydrogens (tertiary/aromatic N) is 1. The summed E-state index contributed by atoms with van der Waals surface area (Å²) < 4.78 is 40.9. The van der Waals surface area contributed by atoms with Gasteiger partial charge in [-0.3, -0.25) is 4.79 Å². The Bertz CT molecular complexity index is 459. The van der Waals surface area contributed by atoms with E-state index in [2.05, 4.69) is 15.0 Å². The van der Waals surface area contributed by atoms with Crippen molar-refractivity contribution >= 4 is 5.91 Å².